The minimum Gasteiger partial charge on any atom is -0.481 e. The molecule has 1 fully saturated rings. The molecule has 36 heavy (non-hydrogen) atoms. The number of benzene rings is 1. The number of aliphatic carboxylic acids is 1. The summed E-state index contributed by atoms with van der Waals surface area (Å²) < 4.78 is 20.9. The van der Waals surface area contributed by atoms with Crippen LogP contribution in [0.5, 0.6) is 0 Å². The van der Waals surface area contributed by atoms with Crippen LogP contribution in [0.3, 0.4) is 0 Å². The Kier molecular flexibility index (Phi) is 8.55. The number of halogens is 1. The number of ether oxygens (including phenoxy) is 1. The van der Waals surface area contributed by atoms with Gasteiger partial charge in [0.15, 0.2) is 5.82 Å². The summed E-state index contributed by atoms with van der Waals surface area (Å²) in [6.45, 7) is 6.45. The Hall–Kier alpha value is -3.21. The second kappa shape index (κ2) is 11.2. The van der Waals surface area contributed by atoms with E-state index in [0.717, 1.165) is 11.3 Å². The molecule has 1 saturated heterocycles. The number of aromatic nitrogens is 2. The van der Waals surface area contributed by atoms with Crippen LogP contribution in [0, 0.1) is 17.2 Å². The number of likely N-dealkylation sites (tertiary alicyclic amines) is 1. The highest BCUT2D eigenvalue weighted by Gasteiger charge is 2.46. The number of piperidine rings is 1. The van der Waals surface area contributed by atoms with Gasteiger partial charge in [0.1, 0.15) is 5.82 Å². The molecule has 1 aromatic carbocycles. The lowest BCUT2D eigenvalue weighted by Crippen LogP contribution is -2.59. The summed E-state index contributed by atoms with van der Waals surface area (Å²) in [7, 11) is 1.61. The number of hydrogen-bond donors (Lipinski definition) is 2. The van der Waals surface area contributed by atoms with Crippen LogP contribution in [0.4, 0.5) is 9.18 Å². The fraction of sp³-hybridized carbons (Fsp3) is 0.600. The van der Waals surface area contributed by atoms with E-state index in [2.05, 4.69) is 4.98 Å². The van der Waals surface area contributed by atoms with E-state index in [9.17, 15) is 29.0 Å². The van der Waals surface area contributed by atoms with Crippen molar-refractivity contribution >= 4 is 29.0 Å². The van der Waals surface area contributed by atoms with Crippen molar-refractivity contribution in [3.63, 3.8) is 0 Å². The van der Waals surface area contributed by atoms with Gasteiger partial charge in [-0.15, -0.1) is 0 Å². The van der Waals surface area contributed by atoms with Crippen LogP contribution in [0.1, 0.15) is 50.7 Å². The largest absolute Gasteiger partial charge is 0.481 e. The molecule has 1 aliphatic rings. The Balaban J connectivity index is 2.04. The summed E-state index contributed by atoms with van der Waals surface area (Å²) >= 11 is 0. The molecule has 0 spiro atoms. The number of imidazole rings is 1. The summed E-state index contributed by atoms with van der Waals surface area (Å²) in [6, 6.07) is 3.49. The molecule has 1 aliphatic heterocycles. The Morgan fingerprint density at radius 2 is 2.00 bits per heavy atom. The molecular weight excluding hydrogens is 471 g/mol. The molecule has 0 radical (unpaired) electrons. The molecule has 2 atom stereocenters. The zero-order chi connectivity index (χ0) is 26.6. The van der Waals surface area contributed by atoms with Crippen molar-refractivity contribution in [3.05, 3.63) is 29.8 Å². The highest BCUT2D eigenvalue weighted by atomic mass is 19.1. The second-order valence-corrected chi connectivity index (χ2v) is 10.2. The zero-order valence-corrected chi connectivity index (χ0v) is 21.2. The van der Waals surface area contributed by atoms with Crippen LogP contribution < -0.4 is 0 Å². The smallest absolute Gasteiger partial charge is 0.407 e. The van der Waals surface area contributed by atoms with Gasteiger partial charge in [0.25, 0.3) is 5.91 Å². The number of rotatable bonds is 10. The molecule has 0 bridgehead atoms. The molecule has 0 aliphatic carbocycles. The number of methoxy groups -OCH3 is 1. The first kappa shape index (κ1) is 27.4. The first-order valence-electron chi connectivity index (χ1n) is 12.1. The lowest BCUT2D eigenvalue weighted by molar-refractivity contribution is -0.152. The van der Waals surface area contributed by atoms with Crippen molar-refractivity contribution in [1.29, 1.82) is 0 Å². The van der Waals surface area contributed by atoms with Gasteiger partial charge in [0, 0.05) is 39.9 Å². The molecule has 198 valence electrons. The molecule has 2 heterocycles. The third-order valence-corrected chi connectivity index (χ3v) is 6.59. The predicted octanol–water partition coefficient (Wildman–Crippen LogP) is 3.54. The molecular formula is C25H35FN4O6. The summed E-state index contributed by atoms with van der Waals surface area (Å²) in [5, 5.41) is 19.5. The number of carbonyl (C=O) groups is 3. The second-order valence-electron chi connectivity index (χ2n) is 10.2. The highest BCUT2D eigenvalue weighted by molar-refractivity contribution is 5.95. The van der Waals surface area contributed by atoms with E-state index in [1.807, 2.05) is 13.8 Å². The first-order chi connectivity index (χ1) is 17.0. The van der Waals surface area contributed by atoms with Crippen LogP contribution in [0.15, 0.2) is 18.2 Å². The van der Waals surface area contributed by atoms with Gasteiger partial charge >= 0.3 is 12.1 Å². The number of unbranched alkanes of at least 4 members (excludes halogenated alkanes) is 1. The molecule has 0 saturated carbocycles. The maximum atomic E-state index is 14.1. The van der Waals surface area contributed by atoms with Gasteiger partial charge in [0.2, 0.25) is 0 Å². The number of carboxylic acids is 1. The van der Waals surface area contributed by atoms with E-state index < -0.39 is 35.2 Å². The van der Waals surface area contributed by atoms with E-state index in [4.69, 9.17) is 4.74 Å². The Bertz CT molecular complexity index is 1120. The lowest BCUT2D eigenvalue weighted by Gasteiger charge is -2.45. The molecule has 3 rings (SSSR count). The van der Waals surface area contributed by atoms with Gasteiger partial charge in [-0.05, 0) is 50.3 Å². The normalized spacial score (nSPS) is 20.2. The van der Waals surface area contributed by atoms with Crippen molar-refractivity contribution in [2.24, 2.45) is 11.3 Å². The topological polar surface area (TPSA) is 125 Å². The molecule has 2 aromatic rings. The van der Waals surface area contributed by atoms with E-state index in [-0.39, 0.29) is 37.8 Å². The standard InChI is InChI=1S/C25H35FN4O6/c1-16(2)13-30(18-12-25(3,23(32)33)15-28(14-18)24(34)35)22(31)21-27-19-8-7-17(26)11-20(19)29(21)9-5-6-10-36-4/h7-8,11,16,18H,5-6,9-10,12-15H2,1-4H3,(H,32,33)(H,34,35)/t18-,25+/m0/s1. The Morgan fingerprint density at radius 1 is 1.28 bits per heavy atom. The summed E-state index contributed by atoms with van der Waals surface area (Å²) in [5.41, 5.74) is -0.381. The number of carboxylic acid groups (broad SMARTS) is 2. The molecule has 1 aromatic heterocycles. The average molecular weight is 507 g/mol. The molecule has 11 heteroatoms. The lowest BCUT2D eigenvalue weighted by atomic mass is 9.79. The Labute approximate surface area is 209 Å². The average Bonchev–Trinajstić information content (AvgIpc) is 3.16. The van der Waals surface area contributed by atoms with E-state index in [1.54, 1.807) is 16.6 Å². The van der Waals surface area contributed by atoms with Crippen molar-refractivity contribution in [1.82, 2.24) is 19.4 Å². The van der Waals surface area contributed by atoms with Gasteiger partial charge in [-0.1, -0.05) is 13.8 Å². The van der Waals surface area contributed by atoms with Gasteiger partial charge in [-0.3, -0.25) is 9.59 Å². The van der Waals surface area contributed by atoms with Crippen molar-refractivity contribution in [2.45, 2.75) is 52.6 Å². The maximum Gasteiger partial charge on any atom is 0.407 e. The number of fused-ring (bicyclic) bond motifs is 1. The third-order valence-electron chi connectivity index (χ3n) is 6.59. The zero-order valence-electron chi connectivity index (χ0n) is 21.2. The van der Waals surface area contributed by atoms with Crippen molar-refractivity contribution in [3.8, 4) is 0 Å². The van der Waals surface area contributed by atoms with Crippen LogP contribution in [0.25, 0.3) is 11.0 Å². The van der Waals surface area contributed by atoms with E-state index in [1.165, 1.54) is 25.1 Å². The monoisotopic (exact) mass is 506 g/mol. The molecule has 2 N–H and O–H groups in total. The molecule has 2 amide bonds. The van der Waals surface area contributed by atoms with Gasteiger partial charge < -0.3 is 29.3 Å². The van der Waals surface area contributed by atoms with Gasteiger partial charge in [-0.25, -0.2) is 14.2 Å². The fourth-order valence-corrected chi connectivity index (χ4v) is 4.82. The maximum absolute atomic E-state index is 14.1. The number of hydrogen-bond acceptors (Lipinski definition) is 5. The van der Waals surface area contributed by atoms with Crippen LogP contribution >= 0.6 is 0 Å². The highest BCUT2D eigenvalue weighted by Crippen LogP contribution is 2.33. The third kappa shape index (κ3) is 5.95. The van der Waals surface area contributed by atoms with Crippen molar-refractivity contribution < 1.29 is 33.7 Å². The van der Waals surface area contributed by atoms with E-state index in [0.29, 0.717) is 30.6 Å². The van der Waals surface area contributed by atoms with Gasteiger partial charge in [0.05, 0.1) is 22.5 Å². The van der Waals surface area contributed by atoms with Crippen LogP contribution in [-0.2, 0) is 16.1 Å². The number of nitrogens with zero attached hydrogens (tertiary/aromatic N) is 4. The molecule has 10 nitrogen and oxygen atoms in total. The summed E-state index contributed by atoms with van der Waals surface area (Å²) in [4.78, 5) is 45.0. The summed E-state index contributed by atoms with van der Waals surface area (Å²) in [5.74, 6) is -1.84. The fourth-order valence-electron chi connectivity index (χ4n) is 4.82. The minimum absolute atomic E-state index is 0.000636. The van der Waals surface area contributed by atoms with Crippen LogP contribution in [0.2, 0.25) is 0 Å². The number of carbonyl (C=O) groups excluding carboxylic acids is 1. The summed E-state index contributed by atoms with van der Waals surface area (Å²) in [6.07, 6.45) is 0.285. The molecule has 0 unspecified atom stereocenters. The number of amides is 2. The first-order valence-corrected chi connectivity index (χ1v) is 12.1. The Morgan fingerprint density at radius 3 is 2.61 bits per heavy atom. The minimum atomic E-state index is -1.35. The predicted molar refractivity (Wildman–Crippen MR) is 130 cm³/mol. The SMILES string of the molecule is COCCCCn1c(C(=O)N(CC(C)C)[C@@H]2CN(C(=O)O)C[C@](C)(C(=O)O)C2)nc2ccc(F)cc21. The van der Waals surface area contributed by atoms with Crippen molar-refractivity contribution in [2.75, 3.05) is 33.4 Å². The number of aryl methyl sites for hydroxylation is 1. The van der Waals surface area contributed by atoms with Crippen LogP contribution in [-0.4, -0.2) is 86.9 Å². The van der Waals surface area contributed by atoms with E-state index >= 15 is 0 Å². The van der Waals surface area contributed by atoms with Gasteiger partial charge in [-0.2, -0.15) is 0 Å². The quantitative estimate of drug-likeness (QED) is 0.472.